The van der Waals surface area contributed by atoms with Crippen LogP contribution in [0.5, 0.6) is 0 Å². The van der Waals surface area contributed by atoms with Gasteiger partial charge in [0.15, 0.2) is 0 Å². The number of carboxylic acids is 1. The summed E-state index contributed by atoms with van der Waals surface area (Å²) in [5.74, 6) is -1.12. The molecule has 0 fully saturated rings. The van der Waals surface area contributed by atoms with Gasteiger partial charge >= 0.3 is 5.97 Å². The zero-order valence-electron chi connectivity index (χ0n) is 9.07. The molecule has 1 heterocycles. The Hall–Kier alpha value is -1.45. The van der Waals surface area contributed by atoms with Crippen LogP contribution in [0.1, 0.15) is 6.92 Å². The highest BCUT2D eigenvalue weighted by molar-refractivity contribution is 7.89. The van der Waals surface area contributed by atoms with Crippen molar-refractivity contribution in [3.63, 3.8) is 0 Å². The Balaban J connectivity index is 2.85. The quantitative estimate of drug-likeness (QED) is 0.582. The Morgan fingerprint density at radius 1 is 1.65 bits per heavy atom. The van der Waals surface area contributed by atoms with Crippen LogP contribution in [0, 0.1) is 0 Å². The predicted octanol–water partition coefficient (Wildman–Crippen LogP) is -1.37. The molecule has 0 bridgehead atoms. The third kappa shape index (κ3) is 3.80. The lowest BCUT2D eigenvalue weighted by Gasteiger charge is -2.09. The molecule has 1 atom stereocenters. The minimum Gasteiger partial charge on any atom is -0.480 e. The summed E-state index contributed by atoms with van der Waals surface area (Å²) in [6.45, 7) is 0.757. The monoisotopic (exact) mass is 263 g/mol. The Morgan fingerprint density at radius 3 is 2.82 bits per heavy atom. The summed E-state index contributed by atoms with van der Waals surface area (Å²) < 4.78 is 26.6. The van der Waals surface area contributed by atoms with E-state index in [1.54, 1.807) is 0 Å². The van der Waals surface area contributed by atoms with Crippen molar-refractivity contribution in [2.75, 3.05) is 6.61 Å². The lowest BCUT2D eigenvalue weighted by molar-refractivity contribution is -0.137. The second-order valence-corrected chi connectivity index (χ2v) is 5.19. The van der Waals surface area contributed by atoms with E-state index in [2.05, 4.69) is 9.82 Å². The molecule has 9 heteroatoms. The second kappa shape index (κ2) is 5.25. The topological polar surface area (TPSA) is 122 Å². The summed E-state index contributed by atoms with van der Waals surface area (Å²) in [7, 11) is -3.77. The maximum absolute atomic E-state index is 11.7. The van der Waals surface area contributed by atoms with Gasteiger partial charge in [-0.25, -0.2) is 13.1 Å². The van der Waals surface area contributed by atoms with Crippen LogP contribution < -0.4 is 4.72 Å². The van der Waals surface area contributed by atoms with Gasteiger partial charge < -0.3 is 10.2 Å². The zero-order chi connectivity index (χ0) is 13.1. The first-order valence-electron chi connectivity index (χ1n) is 4.72. The Labute approximate surface area is 97.9 Å². The molecule has 0 aliphatic carbocycles. The molecule has 0 unspecified atom stereocenters. The number of rotatable bonds is 6. The fraction of sp³-hybridized carbons (Fsp3) is 0.500. The van der Waals surface area contributed by atoms with E-state index in [1.165, 1.54) is 6.92 Å². The maximum atomic E-state index is 11.7. The van der Waals surface area contributed by atoms with E-state index in [1.807, 2.05) is 0 Å². The van der Waals surface area contributed by atoms with Gasteiger partial charge in [0.2, 0.25) is 10.0 Å². The average molecular weight is 263 g/mol. The summed E-state index contributed by atoms with van der Waals surface area (Å²) in [4.78, 5) is 10.3. The van der Waals surface area contributed by atoms with Crippen molar-refractivity contribution in [1.29, 1.82) is 0 Å². The van der Waals surface area contributed by atoms with Crippen LogP contribution in [0.4, 0.5) is 0 Å². The summed E-state index contributed by atoms with van der Waals surface area (Å²) in [5, 5.41) is 20.9. The normalized spacial score (nSPS) is 13.5. The number of hydrogen-bond donors (Lipinski definition) is 3. The van der Waals surface area contributed by atoms with E-state index in [9.17, 15) is 13.2 Å². The molecule has 0 aliphatic heterocycles. The van der Waals surface area contributed by atoms with Crippen molar-refractivity contribution in [3.05, 3.63) is 12.4 Å². The molecule has 8 nitrogen and oxygen atoms in total. The molecule has 0 amide bonds. The van der Waals surface area contributed by atoms with Crippen LogP contribution >= 0.6 is 0 Å². The van der Waals surface area contributed by atoms with Crippen LogP contribution in [0.2, 0.25) is 0 Å². The van der Waals surface area contributed by atoms with Gasteiger partial charge in [0, 0.05) is 12.2 Å². The van der Waals surface area contributed by atoms with Crippen LogP contribution in [-0.4, -0.2) is 47.0 Å². The molecular weight excluding hydrogens is 250 g/mol. The van der Waals surface area contributed by atoms with Crippen molar-refractivity contribution < 1.29 is 23.4 Å². The number of nitrogens with zero attached hydrogens (tertiary/aromatic N) is 2. The lowest BCUT2D eigenvalue weighted by atomic mass is 10.4. The maximum Gasteiger partial charge on any atom is 0.325 e. The van der Waals surface area contributed by atoms with Crippen molar-refractivity contribution >= 4 is 16.0 Å². The average Bonchev–Trinajstić information content (AvgIpc) is 2.65. The van der Waals surface area contributed by atoms with E-state index in [0.29, 0.717) is 0 Å². The standard InChI is InChI=1S/C8H13N3O5S/c1-6(5-12)10-17(15,16)7-2-9-11(3-7)4-8(13)14/h2-3,6,10,12H,4-5H2,1H3,(H,13,14)/t6-/m0/s1. The molecule has 3 N–H and O–H groups in total. The molecule has 0 saturated heterocycles. The van der Waals surface area contributed by atoms with Gasteiger partial charge in [-0.1, -0.05) is 0 Å². The fourth-order valence-corrected chi connectivity index (χ4v) is 2.27. The smallest absolute Gasteiger partial charge is 0.325 e. The highest BCUT2D eigenvalue weighted by Gasteiger charge is 2.19. The van der Waals surface area contributed by atoms with Crippen molar-refractivity contribution in [2.45, 2.75) is 24.4 Å². The summed E-state index contributed by atoms with van der Waals surface area (Å²) in [6.07, 6.45) is 2.16. The molecule has 0 spiro atoms. The highest BCUT2D eigenvalue weighted by atomic mass is 32.2. The Bertz CT molecular complexity index is 495. The Kier molecular flexibility index (Phi) is 4.21. The van der Waals surface area contributed by atoms with Gasteiger partial charge in [-0.3, -0.25) is 9.48 Å². The number of hydrogen-bond acceptors (Lipinski definition) is 5. The van der Waals surface area contributed by atoms with Gasteiger partial charge in [-0.05, 0) is 6.92 Å². The number of nitrogens with one attached hydrogen (secondary N) is 1. The number of sulfonamides is 1. The third-order valence-electron chi connectivity index (χ3n) is 1.85. The van der Waals surface area contributed by atoms with Crippen LogP contribution in [-0.2, 0) is 21.4 Å². The summed E-state index contributed by atoms with van der Waals surface area (Å²) in [6, 6.07) is -0.622. The number of aliphatic hydroxyl groups is 1. The minimum absolute atomic E-state index is 0.140. The zero-order valence-corrected chi connectivity index (χ0v) is 9.88. The molecule has 0 radical (unpaired) electrons. The molecule has 1 aromatic heterocycles. The number of aromatic nitrogens is 2. The SMILES string of the molecule is C[C@@H](CO)NS(=O)(=O)c1cnn(CC(=O)O)c1. The second-order valence-electron chi connectivity index (χ2n) is 3.47. The van der Waals surface area contributed by atoms with Crippen LogP contribution in [0.15, 0.2) is 17.3 Å². The van der Waals surface area contributed by atoms with Gasteiger partial charge in [0.05, 0.1) is 12.8 Å². The largest absolute Gasteiger partial charge is 0.480 e. The Morgan fingerprint density at radius 2 is 2.29 bits per heavy atom. The molecule has 1 aromatic rings. The van der Waals surface area contributed by atoms with Crippen LogP contribution in [0.25, 0.3) is 0 Å². The first kappa shape index (κ1) is 13.6. The summed E-state index contributed by atoms with van der Waals surface area (Å²) in [5.41, 5.74) is 0. The molecule has 0 saturated carbocycles. The van der Waals surface area contributed by atoms with E-state index >= 15 is 0 Å². The van der Waals surface area contributed by atoms with E-state index in [-0.39, 0.29) is 11.5 Å². The van der Waals surface area contributed by atoms with Gasteiger partial charge in [0.25, 0.3) is 0 Å². The van der Waals surface area contributed by atoms with Gasteiger partial charge in [0.1, 0.15) is 11.4 Å². The molecule has 1 rings (SSSR count). The van der Waals surface area contributed by atoms with Gasteiger partial charge in [-0.2, -0.15) is 5.10 Å². The fourth-order valence-electron chi connectivity index (χ4n) is 1.08. The predicted molar refractivity (Wildman–Crippen MR) is 56.7 cm³/mol. The molecule has 17 heavy (non-hydrogen) atoms. The number of carbonyl (C=O) groups is 1. The van der Waals surface area contributed by atoms with Crippen molar-refractivity contribution in [2.24, 2.45) is 0 Å². The lowest BCUT2D eigenvalue weighted by Crippen LogP contribution is -2.34. The molecular formula is C8H13N3O5S. The minimum atomic E-state index is -3.77. The van der Waals surface area contributed by atoms with Crippen molar-refractivity contribution in [1.82, 2.24) is 14.5 Å². The van der Waals surface area contributed by atoms with Crippen LogP contribution in [0.3, 0.4) is 0 Å². The third-order valence-corrected chi connectivity index (χ3v) is 3.39. The molecule has 0 aliphatic rings. The number of aliphatic carboxylic acids is 1. The molecule has 0 aromatic carbocycles. The van der Waals surface area contributed by atoms with Gasteiger partial charge in [-0.15, -0.1) is 0 Å². The van der Waals surface area contributed by atoms with E-state index in [4.69, 9.17) is 10.2 Å². The first-order valence-corrected chi connectivity index (χ1v) is 6.21. The van der Waals surface area contributed by atoms with Crippen molar-refractivity contribution in [3.8, 4) is 0 Å². The highest BCUT2D eigenvalue weighted by Crippen LogP contribution is 2.07. The van der Waals surface area contributed by atoms with E-state index < -0.39 is 28.6 Å². The number of aliphatic hydroxyl groups excluding tert-OH is 1. The van der Waals surface area contributed by atoms with E-state index in [0.717, 1.165) is 17.1 Å². The first-order chi connectivity index (χ1) is 7.85. The summed E-state index contributed by atoms with van der Waals surface area (Å²) >= 11 is 0. The number of carboxylic acid groups (broad SMARTS) is 1. The molecule has 96 valence electrons.